The summed E-state index contributed by atoms with van der Waals surface area (Å²) in [7, 11) is 0. The van der Waals surface area contributed by atoms with Crippen LogP contribution in [-0.4, -0.2) is 26.3 Å². The average Bonchev–Trinajstić information content (AvgIpc) is 2.87. The molecular weight excluding hydrogens is 314 g/mol. The second kappa shape index (κ2) is 6.05. The van der Waals surface area contributed by atoms with E-state index in [4.69, 9.17) is 5.11 Å². The van der Waals surface area contributed by atoms with Gasteiger partial charge in [0.1, 0.15) is 5.75 Å². The highest BCUT2D eigenvalue weighted by Crippen LogP contribution is 2.35. The van der Waals surface area contributed by atoms with Gasteiger partial charge in [-0.25, -0.2) is 9.78 Å². The summed E-state index contributed by atoms with van der Waals surface area (Å²) in [5, 5.41) is 21.0. The fourth-order valence-corrected chi connectivity index (χ4v) is 3.19. The summed E-state index contributed by atoms with van der Waals surface area (Å²) in [5.41, 5.74) is 3.40. The molecule has 2 heterocycles. The molecule has 0 saturated carbocycles. The molecule has 1 aromatic carbocycles. The molecule has 0 bridgehead atoms. The molecule has 3 aromatic rings. The van der Waals surface area contributed by atoms with E-state index in [1.165, 1.54) is 17.5 Å². The predicted molar refractivity (Wildman–Crippen MR) is 88.8 cm³/mol. The average molecular weight is 327 g/mol. The van der Waals surface area contributed by atoms with Crippen LogP contribution in [0, 0.1) is 6.92 Å². The number of hydrogen-bond acceptors (Lipinski definition) is 5. The molecular formula is C16H13N3O3S. The Kier molecular flexibility index (Phi) is 3.94. The van der Waals surface area contributed by atoms with Crippen molar-refractivity contribution in [3.8, 4) is 27.3 Å². The SMILES string of the molecule is Cc1nc(NC(=O)O)sc1-c1cccc(-c2cncc(O)c2)c1. The van der Waals surface area contributed by atoms with Crippen LogP contribution in [0.5, 0.6) is 5.75 Å². The summed E-state index contributed by atoms with van der Waals surface area (Å²) in [6.45, 7) is 1.83. The van der Waals surface area contributed by atoms with E-state index in [9.17, 15) is 9.90 Å². The number of aromatic hydroxyl groups is 1. The van der Waals surface area contributed by atoms with E-state index < -0.39 is 6.09 Å². The molecule has 0 unspecified atom stereocenters. The van der Waals surface area contributed by atoms with Crippen molar-refractivity contribution in [3.63, 3.8) is 0 Å². The van der Waals surface area contributed by atoms with Crippen molar-refractivity contribution >= 4 is 22.6 Å². The number of thiazole rings is 1. The number of nitrogens with zero attached hydrogens (tertiary/aromatic N) is 2. The van der Waals surface area contributed by atoms with E-state index in [1.54, 1.807) is 12.3 Å². The van der Waals surface area contributed by atoms with Gasteiger partial charge in [-0.1, -0.05) is 29.5 Å². The maximum absolute atomic E-state index is 10.7. The minimum atomic E-state index is -1.13. The molecule has 0 aliphatic carbocycles. The van der Waals surface area contributed by atoms with Crippen LogP contribution in [0.15, 0.2) is 42.7 Å². The van der Waals surface area contributed by atoms with Crippen LogP contribution in [0.1, 0.15) is 5.69 Å². The number of rotatable bonds is 3. The summed E-state index contributed by atoms with van der Waals surface area (Å²) in [6, 6.07) is 9.36. The molecule has 0 aliphatic heterocycles. The normalized spacial score (nSPS) is 10.5. The molecule has 0 spiro atoms. The monoisotopic (exact) mass is 327 g/mol. The van der Waals surface area contributed by atoms with E-state index in [2.05, 4.69) is 15.3 Å². The highest BCUT2D eigenvalue weighted by molar-refractivity contribution is 7.19. The molecule has 2 aromatic heterocycles. The molecule has 3 N–H and O–H groups in total. The first-order valence-electron chi connectivity index (χ1n) is 6.75. The molecule has 0 atom stereocenters. The third-order valence-corrected chi connectivity index (χ3v) is 4.31. The number of pyridine rings is 1. The maximum atomic E-state index is 10.7. The third-order valence-electron chi connectivity index (χ3n) is 3.19. The van der Waals surface area contributed by atoms with Gasteiger partial charge in [-0.3, -0.25) is 10.3 Å². The number of benzene rings is 1. The van der Waals surface area contributed by atoms with Gasteiger partial charge in [0, 0.05) is 11.8 Å². The lowest BCUT2D eigenvalue weighted by molar-refractivity contribution is 0.209. The quantitative estimate of drug-likeness (QED) is 0.676. The van der Waals surface area contributed by atoms with E-state index in [0.717, 1.165) is 27.3 Å². The van der Waals surface area contributed by atoms with Gasteiger partial charge in [-0.15, -0.1) is 0 Å². The Morgan fingerprint density at radius 2 is 1.96 bits per heavy atom. The van der Waals surface area contributed by atoms with Crippen molar-refractivity contribution in [3.05, 3.63) is 48.4 Å². The molecule has 0 radical (unpaired) electrons. The zero-order valence-corrected chi connectivity index (χ0v) is 13.0. The summed E-state index contributed by atoms with van der Waals surface area (Å²) in [6.07, 6.45) is 1.92. The van der Waals surface area contributed by atoms with E-state index in [0.29, 0.717) is 5.13 Å². The molecule has 0 fully saturated rings. The number of anilines is 1. The van der Waals surface area contributed by atoms with E-state index >= 15 is 0 Å². The zero-order valence-electron chi connectivity index (χ0n) is 12.1. The maximum Gasteiger partial charge on any atom is 0.410 e. The van der Waals surface area contributed by atoms with Crippen LogP contribution in [0.3, 0.4) is 0 Å². The smallest absolute Gasteiger partial charge is 0.410 e. The van der Waals surface area contributed by atoms with Crippen molar-refractivity contribution in [1.82, 2.24) is 9.97 Å². The van der Waals surface area contributed by atoms with Crippen LogP contribution in [-0.2, 0) is 0 Å². The van der Waals surface area contributed by atoms with Crippen LogP contribution >= 0.6 is 11.3 Å². The topological polar surface area (TPSA) is 95.3 Å². The lowest BCUT2D eigenvalue weighted by Crippen LogP contribution is -2.06. The van der Waals surface area contributed by atoms with Crippen molar-refractivity contribution < 1.29 is 15.0 Å². The Labute approximate surface area is 136 Å². The summed E-state index contributed by atoms with van der Waals surface area (Å²) in [4.78, 5) is 19.8. The fourth-order valence-electron chi connectivity index (χ4n) is 2.23. The molecule has 0 saturated heterocycles. The summed E-state index contributed by atoms with van der Waals surface area (Å²) >= 11 is 1.28. The van der Waals surface area contributed by atoms with Crippen LogP contribution in [0.2, 0.25) is 0 Å². The predicted octanol–water partition coefficient (Wildman–Crippen LogP) is 3.98. The van der Waals surface area contributed by atoms with Crippen molar-refractivity contribution in [2.45, 2.75) is 6.92 Å². The van der Waals surface area contributed by atoms with Crippen molar-refractivity contribution in [1.29, 1.82) is 0 Å². The molecule has 116 valence electrons. The number of aryl methyl sites for hydroxylation is 1. The van der Waals surface area contributed by atoms with Crippen LogP contribution in [0.25, 0.3) is 21.6 Å². The van der Waals surface area contributed by atoms with Crippen LogP contribution in [0.4, 0.5) is 9.93 Å². The molecule has 0 aliphatic rings. The number of carbonyl (C=O) groups is 1. The van der Waals surface area contributed by atoms with Gasteiger partial charge < -0.3 is 10.2 Å². The molecule has 23 heavy (non-hydrogen) atoms. The van der Waals surface area contributed by atoms with Gasteiger partial charge in [-0.2, -0.15) is 0 Å². The fraction of sp³-hybridized carbons (Fsp3) is 0.0625. The van der Waals surface area contributed by atoms with Gasteiger partial charge in [-0.05, 0) is 30.2 Å². The molecule has 1 amide bonds. The first kappa shape index (κ1) is 15.0. The zero-order chi connectivity index (χ0) is 16.4. The van der Waals surface area contributed by atoms with Gasteiger partial charge in [0.25, 0.3) is 0 Å². The first-order chi connectivity index (χ1) is 11.0. The van der Waals surface area contributed by atoms with Crippen molar-refractivity contribution in [2.24, 2.45) is 0 Å². The molecule has 3 rings (SSSR count). The van der Waals surface area contributed by atoms with Gasteiger partial charge in [0.15, 0.2) is 5.13 Å². The van der Waals surface area contributed by atoms with Gasteiger partial charge in [0.2, 0.25) is 0 Å². The summed E-state index contributed by atoms with van der Waals surface area (Å²) < 4.78 is 0. The number of aromatic nitrogens is 2. The van der Waals surface area contributed by atoms with Crippen molar-refractivity contribution in [2.75, 3.05) is 5.32 Å². The Balaban J connectivity index is 2.00. The lowest BCUT2D eigenvalue weighted by Gasteiger charge is -2.05. The second-order valence-corrected chi connectivity index (χ2v) is 5.88. The first-order valence-corrected chi connectivity index (χ1v) is 7.57. The third kappa shape index (κ3) is 3.29. The number of carboxylic acid groups (broad SMARTS) is 1. The Morgan fingerprint density at radius 3 is 2.70 bits per heavy atom. The van der Waals surface area contributed by atoms with Crippen LogP contribution < -0.4 is 5.32 Å². The number of nitrogens with one attached hydrogen (secondary N) is 1. The second-order valence-electron chi connectivity index (χ2n) is 4.88. The summed E-state index contributed by atoms with van der Waals surface area (Å²) in [5.74, 6) is 0.106. The standard InChI is InChI=1S/C16H13N3O3S/c1-9-14(23-15(18-9)19-16(21)22)11-4-2-3-10(5-11)12-6-13(20)8-17-7-12/h2-8,20H,1H3,(H,18,19)(H,21,22). The highest BCUT2D eigenvalue weighted by atomic mass is 32.1. The number of amides is 1. The van der Waals surface area contributed by atoms with E-state index in [-0.39, 0.29) is 5.75 Å². The Morgan fingerprint density at radius 1 is 1.17 bits per heavy atom. The Hall–Kier alpha value is -2.93. The largest absolute Gasteiger partial charge is 0.506 e. The minimum Gasteiger partial charge on any atom is -0.506 e. The highest BCUT2D eigenvalue weighted by Gasteiger charge is 2.12. The van der Waals surface area contributed by atoms with Gasteiger partial charge in [0.05, 0.1) is 16.8 Å². The minimum absolute atomic E-state index is 0.106. The molecule has 6 nitrogen and oxygen atoms in total. The number of hydrogen-bond donors (Lipinski definition) is 3. The molecule has 7 heteroatoms. The van der Waals surface area contributed by atoms with E-state index in [1.807, 2.05) is 31.2 Å². The van der Waals surface area contributed by atoms with Gasteiger partial charge >= 0.3 is 6.09 Å². The Bertz CT molecular complexity index is 877. The lowest BCUT2D eigenvalue weighted by atomic mass is 10.0.